The van der Waals surface area contributed by atoms with Gasteiger partial charge in [0, 0.05) is 32.4 Å². The molecule has 0 saturated carbocycles. The molecule has 26 heavy (non-hydrogen) atoms. The number of rotatable bonds is 3. The van der Waals surface area contributed by atoms with Gasteiger partial charge >= 0.3 is 0 Å². The lowest BCUT2D eigenvalue weighted by Crippen LogP contribution is -2.47. The van der Waals surface area contributed by atoms with Gasteiger partial charge in [-0.15, -0.1) is 0 Å². The van der Waals surface area contributed by atoms with Crippen LogP contribution in [0.5, 0.6) is 0 Å². The van der Waals surface area contributed by atoms with Crippen LogP contribution in [0.15, 0.2) is 42.6 Å². The minimum Gasteiger partial charge on any atom is -0.353 e. The zero-order valence-corrected chi connectivity index (χ0v) is 14.4. The van der Waals surface area contributed by atoms with Crippen molar-refractivity contribution in [1.82, 2.24) is 25.2 Å². The summed E-state index contributed by atoms with van der Waals surface area (Å²) in [7, 11) is 0. The molecule has 0 radical (unpaired) electrons. The fourth-order valence-corrected chi connectivity index (χ4v) is 3.03. The first-order chi connectivity index (χ1) is 12.7. The first kappa shape index (κ1) is 16.0. The van der Waals surface area contributed by atoms with Crippen LogP contribution in [-0.2, 0) is 0 Å². The van der Waals surface area contributed by atoms with Gasteiger partial charge in [-0.25, -0.2) is 4.98 Å². The third-order valence-corrected chi connectivity index (χ3v) is 4.49. The molecule has 1 fully saturated rings. The van der Waals surface area contributed by atoms with Gasteiger partial charge in [0.05, 0.1) is 17.3 Å². The molecule has 130 valence electrons. The van der Waals surface area contributed by atoms with Crippen molar-refractivity contribution in [2.45, 2.75) is 6.92 Å². The molecule has 4 rings (SSSR count). The highest BCUT2D eigenvalue weighted by Gasteiger charge is 2.23. The molecule has 1 aliphatic rings. The standard InChI is InChI=1S/C18H18N8/c1-14-2-4-16(5-3-14)26-18(21-22-23-26)25-10-8-24(9-11-25)17-12-15(13-19)6-7-20-17/h2-7,12H,8-11H2,1H3. The first-order valence-electron chi connectivity index (χ1n) is 8.46. The molecule has 2 aromatic heterocycles. The quantitative estimate of drug-likeness (QED) is 0.711. The van der Waals surface area contributed by atoms with Crippen LogP contribution in [0.25, 0.3) is 5.69 Å². The Kier molecular flexibility index (Phi) is 4.19. The number of benzene rings is 1. The van der Waals surface area contributed by atoms with Gasteiger partial charge in [-0.05, 0) is 41.6 Å². The van der Waals surface area contributed by atoms with Crippen molar-refractivity contribution in [1.29, 1.82) is 5.26 Å². The van der Waals surface area contributed by atoms with E-state index in [0.717, 1.165) is 43.6 Å². The summed E-state index contributed by atoms with van der Waals surface area (Å²) in [6, 6.07) is 13.8. The molecule has 8 heteroatoms. The largest absolute Gasteiger partial charge is 0.353 e. The molecule has 1 aliphatic heterocycles. The number of nitrogens with zero attached hydrogens (tertiary/aromatic N) is 8. The van der Waals surface area contributed by atoms with Crippen molar-refractivity contribution < 1.29 is 0 Å². The maximum Gasteiger partial charge on any atom is 0.250 e. The van der Waals surface area contributed by atoms with E-state index in [0.29, 0.717) is 5.56 Å². The molecule has 0 amide bonds. The zero-order valence-electron chi connectivity index (χ0n) is 14.4. The Morgan fingerprint density at radius 1 is 1.00 bits per heavy atom. The number of hydrogen-bond donors (Lipinski definition) is 0. The van der Waals surface area contributed by atoms with E-state index in [2.05, 4.69) is 43.3 Å². The van der Waals surface area contributed by atoms with Crippen molar-refractivity contribution in [3.63, 3.8) is 0 Å². The van der Waals surface area contributed by atoms with E-state index < -0.39 is 0 Å². The maximum atomic E-state index is 9.05. The number of nitriles is 1. The average molecular weight is 346 g/mol. The molecule has 0 unspecified atom stereocenters. The number of pyridine rings is 1. The normalized spacial score (nSPS) is 14.3. The van der Waals surface area contributed by atoms with E-state index in [1.165, 1.54) is 5.56 Å². The lowest BCUT2D eigenvalue weighted by molar-refractivity contribution is 0.626. The molecular formula is C18H18N8. The fraction of sp³-hybridized carbons (Fsp3) is 0.278. The minimum absolute atomic E-state index is 0.626. The van der Waals surface area contributed by atoms with Gasteiger partial charge in [0.1, 0.15) is 5.82 Å². The highest BCUT2D eigenvalue weighted by molar-refractivity contribution is 5.48. The second kappa shape index (κ2) is 6.80. The molecule has 0 N–H and O–H groups in total. The number of aryl methyl sites for hydroxylation is 1. The van der Waals surface area contributed by atoms with Crippen LogP contribution in [0.1, 0.15) is 11.1 Å². The van der Waals surface area contributed by atoms with Gasteiger partial charge in [-0.2, -0.15) is 9.94 Å². The van der Waals surface area contributed by atoms with E-state index in [4.69, 9.17) is 5.26 Å². The van der Waals surface area contributed by atoms with Gasteiger partial charge in [0.15, 0.2) is 0 Å². The van der Waals surface area contributed by atoms with Gasteiger partial charge < -0.3 is 9.80 Å². The number of hydrogen-bond acceptors (Lipinski definition) is 7. The monoisotopic (exact) mass is 346 g/mol. The summed E-state index contributed by atoms with van der Waals surface area (Å²) in [5.41, 5.74) is 2.77. The van der Waals surface area contributed by atoms with Crippen molar-refractivity contribution in [2.24, 2.45) is 0 Å². The molecule has 0 spiro atoms. The molecule has 8 nitrogen and oxygen atoms in total. The lowest BCUT2D eigenvalue weighted by Gasteiger charge is -2.35. The molecule has 0 atom stereocenters. The molecule has 3 aromatic rings. The Morgan fingerprint density at radius 2 is 1.73 bits per heavy atom. The molecule has 0 bridgehead atoms. The number of tetrazole rings is 1. The van der Waals surface area contributed by atoms with Crippen LogP contribution >= 0.6 is 0 Å². The van der Waals surface area contributed by atoms with Crippen molar-refractivity contribution in [3.8, 4) is 11.8 Å². The van der Waals surface area contributed by atoms with Crippen molar-refractivity contribution >= 4 is 11.8 Å². The summed E-state index contributed by atoms with van der Waals surface area (Å²) in [6.45, 7) is 5.21. The summed E-state index contributed by atoms with van der Waals surface area (Å²) in [4.78, 5) is 8.73. The Balaban J connectivity index is 1.50. The van der Waals surface area contributed by atoms with Crippen LogP contribution in [0, 0.1) is 18.3 Å². The fourth-order valence-electron chi connectivity index (χ4n) is 3.03. The van der Waals surface area contributed by atoms with Gasteiger partial charge in [-0.1, -0.05) is 22.8 Å². The van der Waals surface area contributed by atoms with E-state index in [1.807, 2.05) is 30.3 Å². The highest BCUT2D eigenvalue weighted by Crippen LogP contribution is 2.20. The number of aromatic nitrogens is 5. The summed E-state index contributed by atoms with van der Waals surface area (Å²) >= 11 is 0. The average Bonchev–Trinajstić information content (AvgIpc) is 3.18. The first-order valence-corrected chi connectivity index (χ1v) is 8.46. The highest BCUT2D eigenvalue weighted by atomic mass is 15.6. The molecule has 3 heterocycles. The van der Waals surface area contributed by atoms with Crippen LogP contribution in [-0.4, -0.2) is 51.4 Å². The summed E-state index contributed by atoms with van der Waals surface area (Å²) < 4.78 is 1.77. The maximum absolute atomic E-state index is 9.05. The lowest BCUT2D eigenvalue weighted by atomic mass is 10.2. The van der Waals surface area contributed by atoms with E-state index in [9.17, 15) is 0 Å². The minimum atomic E-state index is 0.626. The zero-order chi connectivity index (χ0) is 17.9. The van der Waals surface area contributed by atoms with E-state index in [-0.39, 0.29) is 0 Å². The molecule has 1 saturated heterocycles. The third kappa shape index (κ3) is 3.07. The van der Waals surface area contributed by atoms with E-state index >= 15 is 0 Å². The Labute approximate surface area is 151 Å². The SMILES string of the molecule is Cc1ccc(-n2nnnc2N2CCN(c3cc(C#N)ccn3)CC2)cc1. The van der Waals surface area contributed by atoms with Crippen LogP contribution in [0.4, 0.5) is 11.8 Å². The van der Waals surface area contributed by atoms with Gasteiger partial charge in [0.25, 0.3) is 0 Å². The van der Waals surface area contributed by atoms with Gasteiger partial charge in [-0.3, -0.25) is 0 Å². The second-order valence-electron chi connectivity index (χ2n) is 6.21. The Hall–Kier alpha value is -3.47. The van der Waals surface area contributed by atoms with Crippen LogP contribution in [0.2, 0.25) is 0 Å². The summed E-state index contributed by atoms with van der Waals surface area (Å²) in [5, 5.41) is 21.3. The predicted molar refractivity (Wildman–Crippen MR) is 97.3 cm³/mol. The summed E-state index contributed by atoms with van der Waals surface area (Å²) in [5.74, 6) is 1.58. The Bertz CT molecular complexity index is 932. The van der Waals surface area contributed by atoms with Gasteiger partial charge in [0.2, 0.25) is 5.95 Å². The number of piperazine rings is 1. The molecule has 1 aromatic carbocycles. The van der Waals surface area contributed by atoms with E-state index in [1.54, 1.807) is 16.9 Å². The second-order valence-corrected chi connectivity index (χ2v) is 6.21. The Morgan fingerprint density at radius 3 is 2.46 bits per heavy atom. The van der Waals surface area contributed by atoms with Crippen molar-refractivity contribution in [2.75, 3.05) is 36.0 Å². The number of anilines is 2. The van der Waals surface area contributed by atoms with Crippen LogP contribution in [0.3, 0.4) is 0 Å². The third-order valence-electron chi connectivity index (χ3n) is 4.49. The predicted octanol–water partition coefficient (Wildman–Crippen LogP) is 1.56. The van der Waals surface area contributed by atoms with Crippen LogP contribution < -0.4 is 9.80 Å². The molecule has 0 aliphatic carbocycles. The molecular weight excluding hydrogens is 328 g/mol. The summed E-state index contributed by atoms with van der Waals surface area (Å²) in [6.07, 6.45) is 1.68. The van der Waals surface area contributed by atoms with Crippen molar-refractivity contribution in [3.05, 3.63) is 53.7 Å². The smallest absolute Gasteiger partial charge is 0.250 e. The topological polar surface area (TPSA) is 86.8 Å².